The molecule has 0 aliphatic heterocycles. The van der Waals surface area contributed by atoms with E-state index in [-0.39, 0.29) is 0 Å². The molecular weight excluding hydrogens is 183 g/mol. The Bertz CT molecular complexity index is 139. The van der Waals surface area contributed by atoms with Gasteiger partial charge in [-0.25, -0.2) is 4.21 Å². The number of hydrogen-bond donors (Lipinski definition) is 0. The van der Waals surface area contributed by atoms with Gasteiger partial charge in [-0.05, 0) is 36.1 Å². The minimum absolute atomic E-state index is 0.684. The molecule has 0 fully saturated rings. The third-order valence-corrected chi connectivity index (χ3v) is 3.60. The summed E-state index contributed by atoms with van der Waals surface area (Å²) in [6, 6.07) is 0. The SMILES string of the molecule is CC(C)(C(=O)Cl)S(=O)Cl. The van der Waals surface area contributed by atoms with Crippen molar-refractivity contribution in [2.75, 3.05) is 0 Å². The second-order valence-electron chi connectivity index (χ2n) is 2.01. The van der Waals surface area contributed by atoms with Gasteiger partial charge < -0.3 is 0 Å². The lowest BCUT2D eigenvalue weighted by Gasteiger charge is -2.12. The summed E-state index contributed by atoms with van der Waals surface area (Å²) in [4.78, 5) is 10.4. The minimum atomic E-state index is -1.72. The van der Waals surface area contributed by atoms with Crippen molar-refractivity contribution in [3.8, 4) is 0 Å². The van der Waals surface area contributed by atoms with Crippen molar-refractivity contribution in [3.63, 3.8) is 0 Å². The van der Waals surface area contributed by atoms with Gasteiger partial charge in [0, 0.05) is 0 Å². The Balaban J connectivity index is 4.38. The first kappa shape index (κ1) is 9.40. The van der Waals surface area contributed by atoms with Crippen LogP contribution in [-0.4, -0.2) is 14.2 Å². The first-order chi connectivity index (χ1) is 3.89. The van der Waals surface area contributed by atoms with Gasteiger partial charge in [-0.2, -0.15) is 0 Å². The highest BCUT2D eigenvalue weighted by Crippen LogP contribution is 2.18. The lowest BCUT2D eigenvalue weighted by molar-refractivity contribution is -0.113. The van der Waals surface area contributed by atoms with E-state index in [1.165, 1.54) is 13.8 Å². The molecule has 0 amide bonds. The van der Waals surface area contributed by atoms with E-state index in [9.17, 15) is 9.00 Å². The van der Waals surface area contributed by atoms with Gasteiger partial charge >= 0.3 is 0 Å². The van der Waals surface area contributed by atoms with E-state index in [0.29, 0.717) is 0 Å². The van der Waals surface area contributed by atoms with E-state index in [2.05, 4.69) is 0 Å². The maximum absolute atomic E-state index is 10.5. The van der Waals surface area contributed by atoms with Gasteiger partial charge in [0.15, 0.2) is 0 Å². The molecule has 0 rings (SSSR count). The van der Waals surface area contributed by atoms with Gasteiger partial charge in [0.05, 0.1) is 0 Å². The number of carbonyl (C=O) groups is 1. The minimum Gasteiger partial charge on any atom is -0.280 e. The van der Waals surface area contributed by atoms with Gasteiger partial charge in [0.1, 0.15) is 14.8 Å². The van der Waals surface area contributed by atoms with Crippen LogP contribution in [0.15, 0.2) is 0 Å². The summed E-state index contributed by atoms with van der Waals surface area (Å²) < 4.78 is 9.34. The van der Waals surface area contributed by atoms with E-state index >= 15 is 0 Å². The van der Waals surface area contributed by atoms with E-state index in [1.54, 1.807) is 0 Å². The van der Waals surface area contributed by atoms with Crippen molar-refractivity contribution >= 4 is 37.5 Å². The predicted molar refractivity (Wildman–Crippen MR) is 38.9 cm³/mol. The Morgan fingerprint density at radius 3 is 1.89 bits per heavy atom. The zero-order chi connectivity index (χ0) is 7.65. The second-order valence-corrected chi connectivity index (χ2v) is 4.66. The van der Waals surface area contributed by atoms with Gasteiger partial charge in [0.25, 0.3) is 0 Å². The fourth-order valence-electron chi connectivity index (χ4n) is 0.0631. The van der Waals surface area contributed by atoms with Crippen molar-refractivity contribution in [3.05, 3.63) is 0 Å². The molecule has 0 aromatic carbocycles. The van der Waals surface area contributed by atoms with Crippen LogP contribution in [0.4, 0.5) is 0 Å². The zero-order valence-corrected chi connectivity index (χ0v) is 7.31. The molecule has 0 aliphatic carbocycles. The number of hydrogen-bond acceptors (Lipinski definition) is 2. The second kappa shape index (κ2) is 2.99. The van der Waals surface area contributed by atoms with Crippen LogP contribution >= 0.6 is 22.3 Å². The Kier molecular flexibility index (Phi) is 3.12. The van der Waals surface area contributed by atoms with Crippen molar-refractivity contribution in [2.24, 2.45) is 0 Å². The topological polar surface area (TPSA) is 34.1 Å². The maximum atomic E-state index is 10.5. The van der Waals surface area contributed by atoms with Crippen LogP contribution in [0.5, 0.6) is 0 Å². The lowest BCUT2D eigenvalue weighted by Crippen LogP contribution is -2.30. The van der Waals surface area contributed by atoms with Gasteiger partial charge in [-0.15, -0.1) is 0 Å². The van der Waals surface area contributed by atoms with E-state index in [0.717, 1.165) is 0 Å². The monoisotopic (exact) mass is 188 g/mol. The average molecular weight is 189 g/mol. The van der Waals surface area contributed by atoms with E-state index in [4.69, 9.17) is 22.3 Å². The van der Waals surface area contributed by atoms with Crippen molar-refractivity contribution in [1.82, 2.24) is 0 Å². The maximum Gasteiger partial charge on any atom is 0.241 e. The molecule has 54 valence electrons. The highest BCUT2D eigenvalue weighted by molar-refractivity contribution is 8.10. The molecular formula is C4H6Cl2O2S. The Morgan fingerprint density at radius 2 is 1.89 bits per heavy atom. The molecule has 0 aliphatic rings. The van der Waals surface area contributed by atoms with Gasteiger partial charge in [0.2, 0.25) is 5.24 Å². The van der Waals surface area contributed by atoms with Gasteiger partial charge in [-0.3, -0.25) is 4.79 Å². The zero-order valence-electron chi connectivity index (χ0n) is 4.98. The lowest BCUT2D eigenvalue weighted by atomic mass is 10.2. The van der Waals surface area contributed by atoms with Crippen molar-refractivity contribution in [1.29, 1.82) is 0 Å². The number of carbonyl (C=O) groups excluding carboxylic acids is 1. The van der Waals surface area contributed by atoms with Crippen LogP contribution in [0.25, 0.3) is 0 Å². The summed E-state index contributed by atoms with van der Waals surface area (Å²) in [5.74, 6) is 0. The molecule has 9 heavy (non-hydrogen) atoms. The summed E-state index contributed by atoms with van der Waals surface area (Å²) in [5, 5.41) is -0.684. The molecule has 0 saturated carbocycles. The van der Waals surface area contributed by atoms with Crippen LogP contribution in [-0.2, 0) is 14.8 Å². The summed E-state index contributed by atoms with van der Waals surface area (Å²) in [7, 11) is 3.42. The van der Waals surface area contributed by atoms with Crippen LogP contribution in [0.3, 0.4) is 0 Å². The molecule has 0 N–H and O–H groups in total. The van der Waals surface area contributed by atoms with Crippen LogP contribution in [0, 0.1) is 0 Å². The number of rotatable bonds is 2. The Morgan fingerprint density at radius 1 is 1.56 bits per heavy atom. The Labute approximate surface area is 65.5 Å². The molecule has 0 radical (unpaired) electrons. The molecule has 0 aromatic heterocycles. The molecule has 0 aromatic rings. The van der Waals surface area contributed by atoms with Gasteiger partial charge in [-0.1, -0.05) is 0 Å². The predicted octanol–water partition coefficient (Wildman–Crippen LogP) is 1.43. The summed E-state index contributed by atoms with van der Waals surface area (Å²) >= 11 is 5.05. The van der Waals surface area contributed by atoms with Crippen molar-refractivity contribution < 1.29 is 9.00 Å². The van der Waals surface area contributed by atoms with Crippen LogP contribution < -0.4 is 0 Å². The summed E-state index contributed by atoms with van der Waals surface area (Å²) in [6.45, 7) is 2.84. The molecule has 1 atom stereocenters. The molecule has 5 heteroatoms. The van der Waals surface area contributed by atoms with E-state index < -0.39 is 20.0 Å². The first-order valence-corrected chi connectivity index (χ1v) is 4.52. The third kappa shape index (κ3) is 2.24. The highest BCUT2D eigenvalue weighted by atomic mass is 35.7. The molecule has 0 saturated heterocycles. The van der Waals surface area contributed by atoms with E-state index in [1.807, 2.05) is 0 Å². The largest absolute Gasteiger partial charge is 0.280 e. The van der Waals surface area contributed by atoms with Crippen LogP contribution in [0.1, 0.15) is 13.8 Å². The first-order valence-electron chi connectivity index (χ1n) is 2.17. The standard InChI is InChI=1S/C4H6Cl2O2S/c1-4(2,3(5)7)9(6)8/h1-2H3. The highest BCUT2D eigenvalue weighted by Gasteiger charge is 2.31. The smallest absolute Gasteiger partial charge is 0.241 e. The molecule has 0 bridgehead atoms. The fourth-order valence-corrected chi connectivity index (χ4v) is 0.728. The fraction of sp³-hybridized carbons (Fsp3) is 0.750. The molecule has 0 heterocycles. The normalized spacial score (nSPS) is 15.1. The molecule has 2 nitrogen and oxygen atoms in total. The van der Waals surface area contributed by atoms with Crippen LogP contribution in [0.2, 0.25) is 0 Å². The molecule has 1 unspecified atom stereocenters. The average Bonchev–Trinajstić information content (AvgIpc) is 1.65. The summed E-state index contributed by atoms with van der Waals surface area (Å²) in [5.41, 5.74) is 0. The quantitative estimate of drug-likeness (QED) is 0.615. The molecule has 0 spiro atoms. The third-order valence-electron chi connectivity index (χ3n) is 0.875. The number of halogens is 2. The Hall–Kier alpha value is 0.400. The summed E-state index contributed by atoms with van der Waals surface area (Å²) in [6.07, 6.45) is 0. The van der Waals surface area contributed by atoms with Crippen molar-refractivity contribution in [2.45, 2.75) is 18.6 Å².